The van der Waals surface area contributed by atoms with Crippen molar-refractivity contribution in [3.05, 3.63) is 11.6 Å². The molecule has 0 aliphatic heterocycles. The van der Waals surface area contributed by atoms with Crippen molar-refractivity contribution in [1.29, 1.82) is 0 Å². The van der Waals surface area contributed by atoms with Gasteiger partial charge in [-0.2, -0.15) is 0 Å². The molecule has 4 rings (SSSR count). The van der Waals surface area contributed by atoms with Crippen molar-refractivity contribution in [2.45, 2.75) is 64.1 Å². The number of carbonyl (C=O) groups is 3. The molecular formula is C21H28O6. The first kappa shape index (κ1) is 19.0. The average Bonchev–Trinajstić information content (AvgIpc) is 2.87. The summed E-state index contributed by atoms with van der Waals surface area (Å²) in [5, 5.41) is 31.7. The Morgan fingerprint density at radius 2 is 1.96 bits per heavy atom. The molecule has 0 aromatic carbocycles. The van der Waals surface area contributed by atoms with Gasteiger partial charge in [0.1, 0.15) is 12.2 Å². The van der Waals surface area contributed by atoms with Crippen LogP contribution in [-0.4, -0.2) is 51.0 Å². The fourth-order valence-corrected chi connectivity index (χ4v) is 7.13. The Morgan fingerprint density at radius 1 is 1.26 bits per heavy atom. The van der Waals surface area contributed by atoms with Gasteiger partial charge in [-0.15, -0.1) is 0 Å². The highest BCUT2D eigenvalue weighted by Gasteiger charge is 2.69. The molecule has 0 saturated heterocycles. The normalized spacial score (nSPS) is 49.1. The van der Waals surface area contributed by atoms with Crippen LogP contribution in [0.25, 0.3) is 0 Å². The lowest BCUT2D eigenvalue weighted by Crippen LogP contribution is -2.63. The second kappa shape index (κ2) is 5.82. The first-order valence-electron chi connectivity index (χ1n) is 9.91. The minimum atomic E-state index is -1.64. The second-order valence-corrected chi connectivity index (χ2v) is 9.44. The molecule has 0 aromatic rings. The summed E-state index contributed by atoms with van der Waals surface area (Å²) in [7, 11) is 0. The lowest BCUT2D eigenvalue weighted by atomic mass is 9.45. The van der Waals surface area contributed by atoms with Crippen molar-refractivity contribution in [2.75, 3.05) is 6.61 Å². The first-order chi connectivity index (χ1) is 12.6. The Bertz CT molecular complexity index is 756. The molecule has 0 aromatic heterocycles. The van der Waals surface area contributed by atoms with Gasteiger partial charge in [-0.05, 0) is 56.9 Å². The van der Waals surface area contributed by atoms with Crippen LogP contribution < -0.4 is 0 Å². The van der Waals surface area contributed by atoms with Crippen molar-refractivity contribution in [1.82, 2.24) is 0 Å². The molecular weight excluding hydrogens is 348 g/mol. The fraction of sp³-hybridized carbons (Fsp3) is 0.762. The van der Waals surface area contributed by atoms with Crippen molar-refractivity contribution in [3.63, 3.8) is 0 Å². The predicted molar refractivity (Wildman–Crippen MR) is 95.5 cm³/mol. The summed E-state index contributed by atoms with van der Waals surface area (Å²) in [6, 6.07) is 0. The van der Waals surface area contributed by atoms with E-state index >= 15 is 0 Å². The van der Waals surface area contributed by atoms with Crippen LogP contribution in [0.5, 0.6) is 0 Å². The molecule has 27 heavy (non-hydrogen) atoms. The molecule has 0 bridgehead atoms. The highest BCUT2D eigenvalue weighted by atomic mass is 16.3. The Balaban J connectivity index is 1.77. The van der Waals surface area contributed by atoms with E-state index in [2.05, 4.69) is 0 Å². The summed E-state index contributed by atoms with van der Waals surface area (Å²) >= 11 is 0. The largest absolute Gasteiger partial charge is 0.393 e. The molecule has 0 spiro atoms. The quantitative estimate of drug-likeness (QED) is 0.619. The van der Waals surface area contributed by atoms with E-state index in [4.69, 9.17) is 0 Å². The van der Waals surface area contributed by atoms with Crippen LogP contribution in [0.4, 0.5) is 0 Å². The third kappa shape index (κ3) is 2.21. The standard InChI is InChI=1S/C21H28O6/c1-19-9-15(24)18-13(14(19)5-6-21(19,27)17(26)10-22)4-3-11-7-12(23)8-16(25)20(11,18)2/h7,13-15,18,22,24,27H,3-6,8-10H2,1-2H3/t13-,14-,15-,18+,19-,20+,21-/m0/s1. The van der Waals surface area contributed by atoms with Gasteiger partial charge >= 0.3 is 0 Å². The monoisotopic (exact) mass is 376 g/mol. The van der Waals surface area contributed by atoms with E-state index in [1.165, 1.54) is 0 Å². The zero-order valence-electron chi connectivity index (χ0n) is 15.9. The molecule has 7 atom stereocenters. The van der Waals surface area contributed by atoms with E-state index in [1.807, 2.05) is 13.8 Å². The van der Waals surface area contributed by atoms with Crippen molar-refractivity contribution in [2.24, 2.45) is 28.6 Å². The van der Waals surface area contributed by atoms with Gasteiger partial charge < -0.3 is 15.3 Å². The Labute approximate surface area is 158 Å². The number of Topliss-reactive ketones (excluding diaryl/α,β-unsaturated/α-hetero) is 2. The van der Waals surface area contributed by atoms with Gasteiger partial charge in [0.2, 0.25) is 0 Å². The van der Waals surface area contributed by atoms with Crippen LogP contribution in [0.1, 0.15) is 52.4 Å². The van der Waals surface area contributed by atoms with Crippen LogP contribution in [0, 0.1) is 28.6 Å². The number of aliphatic hydroxyl groups is 3. The zero-order chi connectivity index (χ0) is 19.8. The van der Waals surface area contributed by atoms with Crippen molar-refractivity contribution >= 4 is 17.3 Å². The SMILES string of the molecule is C[C@]12C(=O)CC(=O)C=C1CC[C@@H]1[C@@H]2[C@@H](O)C[C@@]2(C)[C@H]1CC[C@]2(O)C(=O)CO. The number of carbonyl (C=O) groups excluding carboxylic acids is 3. The number of fused-ring (bicyclic) bond motifs is 5. The lowest BCUT2D eigenvalue weighted by molar-refractivity contribution is -0.183. The van der Waals surface area contributed by atoms with E-state index in [-0.39, 0.29) is 48.6 Å². The summed E-state index contributed by atoms with van der Waals surface area (Å²) in [6.07, 6.45) is 3.10. The molecule has 0 unspecified atom stereocenters. The number of aliphatic hydroxyl groups excluding tert-OH is 2. The van der Waals surface area contributed by atoms with Gasteiger partial charge in [0, 0.05) is 11.3 Å². The van der Waals surface area contributed by atoms with Crippen LogP contribution in [0.2, 0.25) is 0 Å². The summed E-state index contributed by atoms with van der Waals surface area (Å²) in [5.74, 6) is -1.18. The summed E-state index contributed by atoms with van der Waals surface area (Å²) < 4.78 is 0. The molecule has 4 aliphatic rings. The molecule has 0 radical (unpaired) electrons. The zero-order valence-corrected chi connectivity index (χ0v) is 15.9. The third-order valence-corrected chi connectivity index (χ3v) is 8.54. The van der Waals surface area contributed by atoms with Crippen LogP contribution in [0.3, 0.4) is 0 Å². The topological polar surface area (TPSA) is 112 Å². The predicted octanol–water partition coefficient (Wildman–Crippen LogP) is 0.961. The second-order valence-electron chi connectivity index (χ2n) is 9.44. The van der Waals surface area contributed by atoms with E-state index < -0.39 is 34.9 Å². The number of ketones is 3. The van der Waals surface area contributed by atoms with Crippen LogP contribution in [0.15, 0.2) is 11.6 Å². The number of hydrogen-bond donors (Lipinski definition) is 3. The van der Waals surface area contributed by atoms with E-state index in [9.17, 15) is 29.7 Å². The Hall–Kier alpha value is -1.37. The van der Waals surface area contributed by atoms with Crippen LogP contribution in [-0.2, 0) is 14.4 Å². The molecule has 3 fully saturated rings. The fourth-order valence-electron chi connectivity index (χ4n) is 7.13. The first-order valence-corrected chi connectivity index (χ1v) is 9.91. The molecule has 0 heterocycles. The maximum absolute atomic E-state index is 12.9. The van der Waals surface area contributed by atoms with Gasteiger partial charge in [0.05, 0.1) is 17.9 Å². The minimum absolute atomic E-state index is 0.00132. The Morgan fingerprint density at radius 3 is 2.63 bits per heavy atom. The number of hydrogen-bond acceptors (Lipinski definition) is 6. The maximum atomic E-state index is 12.9. The molecule has 3 N–H and O–H groups in total. The van der Waals surface area contributed by atoms with Gasteiger partial charge in [-0.1, -0.05) is 12.5 Å². The number of allylic oxidation sites excluding steroid dienone is 1. The molecule has 3 saturated carbocycles. The van der Waals surface area contributed by atoms with Gasteiger partial charge in [0.15, 0.2) is 17.3 Å². The highest BCUT2D eigenvalue weighted by Crippen LogP contribution is 2.67. The van der Waals surface area contributed by atoms with E-state index in [0.29, 0.717) is 12.8 Å². The maximum Gasteiger partial charge on any atom is 0.190 e. The van der Waals surface area contributed by atoms with E-state index in [0.717, 1.165) is 12.0 Å². The van der Waals surface area contributed by atoms with Crippen LogP contribution >= 0.6 is 0 Å². The molecule has 148 valence electrons. The van der Waals surface area contributed by atoms with Crippen molar-refractivity contribution in [3.8, 4) is 0 Å². The summed E-state index contributed by atoms with van der Waals surface area (Å²) in [6.45, 7) is 2.99. The van der Waals surface area contributed by atoms with Gasteiger partial charge in [-0.25, -0.2) is 0 Å². The number of rotatable bonds is 2. The molecule has 4 aliphatic carbocycles. The molecule has 6 heteroatoms. The van der Waals surface area contributed by atoms with E-state index in [1.54, 1.807) is 6.08 Å². The van der Waals surface area contributed by atoms with Gasteiger partial charge in [0.25, 0.3) is 0 Å². The average molecular weight is 376 g/mol. The summed E-state index contributed by atoms with van der Waals surface area (Å²) in [4.78, 5) is 37.2. The van der Waals surface area contributed by atoms with Gasteiger partial charge in [-0.3, -0.25) is 14.4 Å². The lowest BCUT2D eigenvalue weighted by Gasteiger charge is -2.59. The van der Waals surface area contributed by atoms with Crippen molar-refractivity contribution < 1.29 is 29.7 Å². The molecule has 0 amide bonds. The minimum Gasteiger partial charge on any atom is -0.393 e. The smallest absolute Gasteiger partial charge is 0.190 e. The molecule has 6 nitrogen and oxygen atoms in total. The summed E-state index contributed by atoms with van der Waals surface area (Å²) in [5.41, 5.74) is -2.48. The highest BCUT2D eigenvalue weighted by molar-refractivity contribution is 6.11. The Kier molecular flexibility index (Phi) is 4.09. The third-order valence-electron chi connectivity index (χ3n) is 8.54.